The van der Waals surface area contributed by atoms with Crippen LogP contribution < -0.4 is 5.32 Å². The zero-order chi connectivity index (χ0) is 17.1. The molecule has 0 spiro atoms. The molecule has 24 heavy (non-hydrogen) atoms. The second-order valence-corrected chi connectivity index (χ2v) is 7.30. The van der Waals surface area contributed by atoms with Gasteiger partial charge in [0.2, 0.25) is 5.91 Å². The summed E-state index contributed by atoms with van der Waals surface area (Å²) in [6, 6.07) is 7.65. The van der Waals surface area contributed by atoms with Gasteiger partial charge in [-0.05, 0) is 32.4 Å². The molecule has 0 atom stereocenters. The Labute approximate surface area is 147 Å². The van der Waals surface area contributed by atoms with E-state index < -0.39 is 0 Å². The number of anilines is 1. The third-order valence-electron chi connectivity index (χ3n) is 3.25. The van der Waals surface area contributed by atoms with Crippen LogP contribution in [0, 0.1) is 20.8 Å². The highest BCUT2D eigenvalue weighted by molar-refractivity contribution is 7.99. The second kappa shape index (κ2) is 7.14. The van der Waals surface area contributed by atoms with Gasteiger partial charge >= 0.3 is 0 Å². The van der Waals surface area contributed by atoms with E-state index in [0.717, 1.165) is 26.8 Å². The van der Waals surface area contributed by atoms with E-state index in [9.17, 15) is 4.79 Å². The number of carbonyl (C=O) groups excluding carboxylic acids is 1. The smallest absolute Gasteiger partial charge is 0.277 e. The SMILES string of the molecule is Cc1nc(C)c(-c2nnc(SCC(=O)Nc3ccccc3C)o2)s1. The van der Waals surface area contributed by atoms with Gasteiger partial charge in [0.1, 0.15) is 4.88 Å². The number of carbonyl (C=O) groups is 1. The molecule has 0 aliphatic rings. The summed E-state index contributed by atoms with van der Waals surface area (Å²) in [5.74, 6) is 0.537. The van der Waals surface area contributed by atoms with Crippen LogP contribution in [0.4, 0.5) is 5.69 Å². The van der Waals surface area contributed by atoms with Crippen LogP contribution in [-0.4, -0.2) is 26.8 Å². The highest BCUT2D eigenvalue weighted by atomic mass is 32.2. The molecule has 3 rings (SSSR count). The number of benzene rings is 1. The zero-order valence-electron chi connectivity index (χ0n) is 13.5. The molecule has 0 aliphatic carbocycles. The van der Waals surface area contributed by atoms with Crippen molar-refractivity contribution in [3.05, 3.63) is 40.5 Å². The first-order valence-corrected chi connectivity index (χ1v) is 9.09. The van der Waals surface area contributed by atoms with Gasteiger partial charge in [0.15, 0.2) is 0 Å². The first-order chi connectivity index (χ1) is 11.5. The molecule has 6 nitrogen and oxygen atoms in total. The van der Waals surface area contributed by atoms with E-state index in [1.54, 1.807) is 0 Å². The second-order valence-electron chi connectivity index (χ2n) is 5.17. The number of thioether (sulfide) groups is 1. The van der Waals surface area contributed by atoms with Crippen molar-refractivity contribution in [1.82, 2.24) is 15.2 Å². The Morgan fingerprint density at radius 1 is 1.25 bits per heavy atom. The lowest BCUT2D eigenvalue weighted by molar-refractivity contribution is -0.113. The Kier molecular flexibility index (Phi) is 4.96. The van der Waals surface area contributed by atoms with Crippen LogP contribution in [-0.2, 0) is 4.79 Å². The Hall–Kier alpha value is -2.19. The quantitative estimate of drug-likeness (QED) is 0.696. The maximum absolute atomic E-state index is 12.0. The van der Waals surface area contributed by atoms with Crippen molar-refractivity contribution in [2.24, 2.45) is 0 Å². The monoisotopic (exact) mass is 360 g/mol. The summed E-state index contributed by atoms with van der Waals surface area (Å²) in [4.78, 5) is 17.3. The van der Waals surface area contributed by atoms with Gasteiger partial charge in [-0.2, -0.15) is 0 Å². The third-order valence-corrected chi connectivity index (χ3v) is 5.13. The van der Waals surface area contributed by atoms with Crippen molar-refractivity contribution in [3.63, 3.8) is 0 Å². The number of aryl methyl sites for hydroxylation is 3. The maximum Gasteiger partial charge on any atom is 0.277 e. The number of aromatic nitrogens is 3. The van der Waals surface area contributed by atoms with E-state index in [1.165, 1.54) is 23.1 Å². The van der Waals surface area contributed by atoms with Crippen LogP contribution in [0.1, 0.15) is 16.3 Å². The molecular weight excluding hydrogens is 344 g/mol. The normalized spacial score (nSPS) is 10.8. The number of amides is 1. The van der Waals surface area contributed by atoms with Crippen LogP contribution in [0.2, 0.25) is 0 Å². The Bertz CT molecular complexity index is 873. The maximum atomic E-state index is 12.0. The molecule has 2 aromatic heterocycles. The van der Waals surface area contributed by atoms with Gasteiger partial charge in [-0.15, -0.1) is 21.5 Å². The molecule has 0 saturated carbocycles. The highest BCUT2D eigenvalue weighted by Crippen LogP contribution is 2.30. The molecule has 2 heterocycles. The predicted octanol–water partition coefficient (Wildman–Crippen LogP) is 3.85. The molecule has 0 bridgehead atoms. The summed E-state index contributed by atoms with van der Waals surface area (Å²) in [6.45, 7) is 5.79. The van der Waals surface area contributed by atoms with E-state index in [0.29, 0.717) is 11.1 Å². The molecule has 0 aliphatic heterocycles. The number of hydrogen-bond donors (Lipinski definition) is 1. The number of nitrogens with one attached hydrogen (secondary N) is 1. The average Bonchev–Trinajstić information content (AvgIpc) is 3.13. The fourth-order valence-corrected chi connectivity index (χ4v) is 3.52. The topological polar surface area (TPSA) is 80.9 Å². The summed E-state index contributed by atoms with van der Waals surface area (Å²) < 4.78 is 5.62. The van der Waals surface area contributed by atoms with Gasteiger partial charge in [-0.25, -0.2) is 4.98 Å². The van der Waals surface area contributed by atoms with Crippen molar-refractivity contribution in [2.45, 2.75) is 26.0 Å². The molecule has 0 saturated heterocycles. The molecule has 0 unspecified atom stereocenters. The first-order valence-electron chi connectivity index (χ1n) is 7.29. The first kappa shape index (κ1) is 16.7. The standard InChI is InChI=1S/C16H16N4O2S2/c1-9-6-4-5-7-12(9)18-13(21)8-23-16-20-19-15(22-16)14-10(2)17-11(3)24-14/h4-7H,8H2,1-3H3,(H,18,21). The summed E-state index contributed by atoms with van der Waals surface area (Å²) >= 11 is 2.73. The lowest BCUT2D eigenvalue weighted by Gasteiger charge is -2.06. The van der Waals surface area contributed by atoms with E-state index in [1.807, 2.05) is 45.0 Å². The lowest BCUT2D eigenvalue weighted by atomic mass is 10.2. The van der Waals surface area contributed by atoms with E-state index in [2.05, 4.69) is 20.5 Å². The summed E-state index contributed by atoms with van der Waals surface area (Å²) in [7, 11) is 0. The van der Waals surface area contributed by atoms with E-state index in [-0.39, 0.29) is 11.7 Å². The van der Waals surface area contributed by atoms with Gasteiger partial charge < -0.3 is 9.73 Å². The van der Waals surface area contributed by atoms with Gasteiger partial charge in [0.05, 0.1) is 16.5 Å². The molecule has 1 N–H and O–H groups in total. The van der Waals surface area contributed by atoms with Crippen molar-refractivity contribution in [1.29, 1.82) is 0 Å². The Balaban J connectivity index is 1.60. The summed E-state index contributed by atoms with van der Waals surface area (Å²) in [5, 5.41) is 12.2. The number of para-hydroxylation sites is 1. The molecule has 0 fully saturated rings. The molecule has 0 radical (unpaired) electrons. The van der Waals surface area contributed by atoms with E-state index >= 15 is 0 Å². The molecule has 1 aromatic carbocycles. The average molecular weight is 360 g/mol. The van der Waals surface area contributed by atoms with Crippen molar-refractivity contribution >= 4 is 34.7 Å². The zero-order valence-corrected chi connectivity index (χ0v) is 15.1. The minimum absolute atomic E-state index is 0.112. The van der Waals surface area contributed by atoms with E-state index in [4.69, 9.17) is 4.42 Å². The van der Waals surface area contributed by atoms with Gasteiger partial charge in [-0.1, -0.05) is 30.0 Å². The molecule has 124 valence electrons. The van der Waals surface area contributed by atoms with Crippen molar-refractivity contribution in [2.75, 3.05) is 11.1 Å². The Morgan fingerprint density at radius 2 is 2.04 bits per heavy atom. The molecular formula is C16H16N4O2S2. The van der Waals surface area contributed by atoms with Gasteiger partial charge in [-0.3, -0.25) is 4.79 Å². The largest absolute Gasteiger partial charge is 0.410 e. The number of nitrogens with zero attached hydrogens (tertiary/aromatic N) is 3. The van der Waals surface area contributed by atoms with Crippen LogP contribution in [0.15, 0.2) is 33.9 Å². The van der Waals surface area contributed by atoms with Crippen LogP contribution in [0.25, 0.3) is 10.8 Å². The number of rotatable bonds is 5. The predicted molar refractivity (Wildman–Crippen MR) is 95.4 cm³/mol. The minimum Gasteiger partial charge on any atom is -0.410 e. The molecule has 3 aromatic rings. The summed E-state index contributed by atoms with van der Waals surface area (Å²) in [5.41, 5.74) is 2.70. The van der Waals surface area contributed by atoms with Crippen LogP contribution in [0.3, 0.4) is 0 Å². The number of hydrogen-bond acceptors (Lipinski definition) is 7. The molecule has 1 amide bonds. The lowest BCUT2D eigenvalue weighted by Crippen LogP contribution is -2.14. The summed E-state index contributed by atoms with van der Waals surface area (Å²) in [6.07, 6.45) is 0. The highest BCUT2D eigenvalue weighted by Gasteiger charge is 2.16. The van der Waals surface area contributed by atoms with Crippen molar-refractivity contribution in [3.8, 4) is 10.8 Å². The van der Waals surface area contributed by atoms with Gasteiger partial charge in [0, 0.05) is 5.69 Å². The van der Waals surface area contributed by atoms with Crippen LogP contribution in [0.5, 0.6) is 0 Å². The third kappa shape index (κ3) is 3.82. The molecule has 8 heteroatoms. The Morgan fingerprint density at radius 3 is 2.75 bits per heavy atom. The fraction of sp³-hybridized carbons (Fsp3) is 0.250. The van der Waals surface area contributed by atoms with Crippen LogP contribution >= 0.6 is 23.1 Å². The minimum atomic E-state index is -0.112. The number of thiazole rings is 1. The van der Waals surface area contributed by atoms with Crippen molar-refractivity contribution < 1.29 is 9.21 Å². The van der Waals surface area contributed by atoms with Gasteiger partial charge in [0.25, 0.3) is 11.1 Å². The fourth-order valence-electron chi connectivity index (χ4n) is 2.12.